The van der Waals surface area contributed by atoms with E-state index in [0.717, 1.165) is 36.6 Å². The second-order valence-corrected chi connectivity index (χ2v) is 10.5. The van der Waals surface area contributed by atoms with Crippen LogP contribution in [0.25, 0.3) is 0 Å². The Kier molecular flexibility index (Phi) is 5.97. The molecule has 2 aliphatic rings. The SMILES string of the molecule is CC[C@@H](NC(=O)[C@@H]1CN(S(C)(=O)=O)c2cc(C)ccc2O1)c1ccc2c(c1)CCCC2. The highest BCUT2D eigenvalue weighted by atomic mass is 32.2. The second-order valence-electron chi connectivity index (χ2n) is 8.58. The van der Waals surface area contributed by atoms with E-state index in [1.54, 1.807) is 12.1 Å². The summed E-state index contributed by atoms with van der Waals surface area (Å²) in [6.07, 6.45) is 5.63. The van der Waals surface area contributed by atoms with Gasteiger partial charge in [0, 0.05) is 0 Å². The lowest BCUT2D eigenvalue weighted by Crippen LogP contribution is -2.51. The average Bonchev–Trinajstić information content (AvgIpc) is 2.75. The summed E-state index contributed by atoms with van der Waals surface area (Å²) in [7, 11) is -3.55. The molecule has 1 N–H and O–H groups in total. The van der Waals surface area contributed by atoms with Crippen LogP contribution in [-0.4, -0.2) is 33.2 Å². The molecule has 1 aliphatic carbocycles. The van der Waals surface area contributed by atoms with E-state index in [1.807, 2.05) is 19.9 Å². The number of aryl methyl sites for hydroxylation is 3. The van der Waals surface area contributed by atoms with E-state index < -0.39 is 16.1 Å². The van der Waals surface area contributed by atoms with Gasteiger partial charge in [-0.2, -0.15) is 0 Å². The van der Waals surface area contributed by atoms with Gasteiger partial charge in [0.25, 0.3) is 5.91 Å². The van der Waals surface area contributed by atoms with Crippen molar-refractivity contribution >= 4 is 21.6 Å². The number of rotatable bonds is 5. The Bertz CT molecular complexity index is 1100. The van der Waals surface area contributed by atoms with Crippen molar-refractivity contribution in [2.75, 3.05) is 17.1 Å². The minimum atomic E-state index is -3.55. The number of hydrogen-bond acceptors (Lipinski definition) is 4. The van der Waals surface area contributed by atoms with Crippen LogP contribution >= 0.6 is 0 Å². The van der Waals surface area contributed by atoms with Gasteiger partial charge in [-0.25, -0.2) is 8.42 Å². The van der Waals surface area contributed by atoms with Gasteiger partial charge in [-0.15, -0.1) is 0 Å². The van der Waals surface area contributed by atoms with Crippen LogP contribution in [0.3, 0.4) is 0 Å². The lowest BCUT2D eigenvalue weighted by atomic mass is 9.88. The maximum absolute atomic E-state index is 13.1. The number of carbonyl (C=O) groups excluding carboxylic acids is 1. The number of nitrogens with zero attached hydrogens (tertiary/aromatic N) is 1. The maximum atomic E-state index is 13.1. The fourth-order valence-corrected chi connectivity index (χ4v) is 5.37. The molecule has 0 radical (unpaired) electrons. The molecule has 0 unspecified atom stereocenters. The highest BCUT2D eigenvalue weighted by Crippen LogP contribution is 2.36. The Morgan fingerprint density at radius 2 is 1.90 bits per heavy atom. The number of sulfonamides is 1. The van der Waals surface area contributed by atoms with E-state index in [2.05, 4.69) is 23.5 Å². The summed E-state index contributed by atoms with van der Waals surface area (Å²) in [6.45, 7) is 3.89. The Morgan fingerprint density at radius 1 is 1.16 bits per heavy atom. The van der Waals surface area contributed by atoms with Crippen LogP contribution in [0.15, 0.2) is 36.4 Å². The molecule has 0 saturated carbocycles. The predicted molar refractivity (Wildman–Crippen MR) is 122 cm³/mol. The van der Waals surface area contributed by atoms with Gasteiger partial charge in [-0.1, -0.05) is 31.2 Å². The van der Waals surface area contributed by atoms with Crippen LogP contribution in [0.5, 0.6) is 5.75 Å². The minimum Gasteiger partial charge on any atom is -0.476 e. The third kappa shape index (κ3) is 4.56. The molecule has 1 amide bonds. The van der Waals surface area contributed by atoms with Crippen LogP contribution in [0.1, 0.15) is 54.5 Å². The summed E-state index contributed by atoms with van der Waals surface area (Å²) in [6, 6.07) is 11.7. The van der Waals surface area contributed by atoms with E-state index in [1.165, 1.54) is 28.3 Å². The first kappa shape index (κ1) is 21.7. The lowest BCUT2D eigenvalue weighted by molar-refractivity contribution is -0.128. The van der Waals surface area contributed by atoms with Crippen molar-refractivity contribution in [3.63, 3.8) is 0 Å². The Balaban J connectivity index is 1.55. The molecule has 1 aliphatic heterocycles. The molecule has 6 nitrogen and oxygen atoms in total. The van der Waals surface area contributed by atoms with Gasteiger partial charge in [0.2, 0.25) is 10.0 Å². The van der Waals surface area contributed by atoms with Crippen molar-refractivity contribution in [3.8, 4) is 5.75 Å². The molecule has 4 rings (SSSR count). The van der Waals surface area contributed by atoms with Crippen LogP contribution in [-0.2, 0) is 27.7 Å². The van der Waals surface area contributed by atoms with Crippen LogP contribution in [0.2, 0.25) is 0 Å². The zero-order chi connectivity index (χ0) is 22.2. The number of ether oxygens (including phenoxy) is 1. The zero-order valence-corrected chi connectivity index (χ0v) is 19.2. The van der Waals surface area contributed by atoms with Gasteiger partial charge in [0.15, 0.2) is 6.10 Å². The van der Waals surface area contributed by atoms with Gasteiger partial charge in [-0.05, 0) is 73.4 Å². The first-order valence-electron chi connectivity index (χ1n) is 10.9. The fraction of sp³-hybridized carbons (Fsp3) is 0.458. The van der Waals surface area contributed by atoms with Crippen molar-refractivity contribution in [3.05, 3.63) is 58.7 Å². The van der Waals surface area contributed by atoms with Gasteiger partial charge < -0.3 is 10.1 Å². The molecule has 2 aromatic rings. The van der Waals surface area contributed by atoms with Crippen LogP contribution in [0.4, 0.5) is 5.69 Å². The molecule has 1 heterocycles. The molecule has 0 saturated heterocycles. The summed E-state index contributed by atoms with van der Waals surface area (Å²) in [5, 5.41) is 3.09. The topological polar surface area (TPSA) is 75.7 Å². The monoisotopic (exact) mass is 442 g/mol. The maximum Gasteiger partial charge on any atom is 0.263 e. The van der Waals surface area contributed by atoms with Crippen LogP contribution in [0, 0.1) is 6.92 Å². The average molecular weight is 443 g/mol. The van der Waals surface area contributed by atoms with Gasteiger partial charge in [0.1, 0.15) is 5.75 Å². The van der Waals surface area contributed by atoms with Crippen molar-refractivity contribution in [2.24, 2.45) is 0 Å². The lowest BCUT2D eigenvalue weighted by Gasteiger charge is -2.34. The summed E-state index contributed by atoms with van der Waals surface area (Å²) < 4.78 is 32.0. The number of anilines is 1. The standard InChI is InChI=1S/C24H30N2O4S/c1-4-20(19-11-10-17-7-5-6-8-18(17)14-19)25-24(27)23-15-26(31(3,28)29)21-13-16(2)9-12-22(21)30-23/h9-14,20,23H,4-8,15H2,1-3H3,(H,25,27)/t20-,23+/m1/s1. The van der Waals surface area contributed by atoms with E-state index >= 15 is 0 Å². The third-order valence-electron chi connectivity index (χ3n) is 6.18. The molecule has 2 atom stereocenters. The molecule has 0 spiro atoms. The highest BCUT2D eigenvalue weighted by molar-refractivity contribution is 7.92. The molecule has 0 aromatic heterocycles. The normalized spacial score (nSPS) is 19.1. The quantitative estimate of drug-likeness (QED) is 0.767. The first-order valence-corrected chi connectivity index (χ1v) is 12.8. The number of amides is 1. The molecule has 2 aromatic carbocycles. The number of carbonyl (C=O) groups is 1. The molecule has 7 heteroatoms. The Hall–Kier alpha value is -2.54. The Labute approximate surface area is 184 Å². The van der Waals surface area contributed by atoms with Crippen molar-refractivity contribution in [2.45, 2.75) is 58.1 Å². The van der Waals surface area contributed by atoms with Gasteiger partial charge in [-0.3, -0.25) is 9.10 Å². The number of fused-ring (bicyclic) bond motifs is 2. The largest absolute Gasteiger partial charge is 0.476 e. The smallest absolute Gasteiger partial charge is 0.263 e. The van der Waals surface area contributed by atoms with Crippen molar-refractivity contribution < 1.29 is 17.9 Å². The molecule has 166 valence electrons. The summed E-state index contributed by atoms with van der Waals surface area (Å²) in [5.74, 6) is 0.105. The molecule has 0 fully saturated rings. The fourth-order valence-electron chi connectivity index (χ4n) is 4.47. The summed E-state index contributed by atoms with van der Waals surface area (Å²) >= 11 is 0. The Morgan fingerprint density at radius 3 is 2.61 bits per heavy atom. The predicted octanol–water partition coefficient (Wildman–Crippen LogP) is 3.67. The van der Waals surface area contributed by atoms with Crippen molar-refractivity contribution in [1.29, 1.82) is 0 Å². The van der Waals surface area contributed by atoms with E-state index in [0.29, 0.717) is 11.4 Å². The van der Waals surface area contributed by atoms with Crippen LogP contribution < -0.4 is 14.4 Å². The molecule has 31 heavy (non-hydrogen) atoms. The van der Waals surface area contributed by atoms with E-state index in [-0.39, 0.29) is 18.5 Å². The number of benzene rings is 2. The molecular weight excluding hydrogens is 412 g/mol. The third-order valence-corrected chi connectivity index (χ3v) is 7.32. The summed E-state index contributed by atoms with van der Waals surface area (Å²) in [5.41, 5.74) is 5.27. The molecule has 0 bridgehead atoms. The number of hydrogen-bond donors (Lipinski definition) is 1. The van der Waals surface area contributed by atoms with E-state index in [9.17, 15) is 13.2 Å². The minimum absolute atomic E-state index is 0.0399. The molecular formula is C24H30N2O4S. The number of nitrogens with one attached hydrogen (secondary N) is 1. The van der Waals surface area contributed by atoms with Gasteiger partial charge >= 0.3 is 0 Å². The van der Waals surface area contributed by atoms with Crippen molar-refractivity contribution in [1.82, 2.24) is 5.32 Å². The van der Waals surface area contributed by atoms with E-state index in [4.69, 9.17) is 4.74 Å². The first-order chi connectivity index (χ1) is 14.8. The summed E-state index contributed by atoms with van der Waals surface area (Å²) in [4.78, 5) is 13.1. The zero-order valence-electron chi connectivity index (χ0n) is 18.3. The highest BCUT2D eigenvalue weighted by Gasteiger charge is 2.35. The van der Waals surface area contributed by atoms with Gasteiger partial charge in [0.05, 0.1) is 24.5 Å². The second kappa shape index (κ2) is 8.54.